The molecule has 8 nitrogen and oxygen atoms in total. The fourth-order valence-corrected chi connectivity index (χ4v) is 1.92. The number of rotatable bonds is 6. The minimum Gasteiger partial charge on any atom is -0.458 e. The van der Waals surface area contributed by atoms with Crippen molar-refractivity contribution < 1.29 is 23.9 Å². The Hall–Kier alpha value is -2.99. The highest BCUT2D eigenvalue weighted by molar-refractivity contribution is 6.24. The Morgan fingerprint density at radius 1 is 1.16 bits per heavy atom. The Labute approximate surface area is 146 Å². The van der Waals surface area contributed by atoms with Crippen molar-refractivity contribution in [1.29, 1.82) is 0 Å². The van der Waals surface area contributed by atoms with Gasteiger partial charge in [0.05, 0.1) is 0 Å². The van der Waals surface area contributed by atoms with Crippen LogP contribution in [0.1, 0.15) is 39.3 Å². The molecule has 0 heterocycles. The summed E-state index contributed by atoms with van der Waals surface area (Å²) < 4.78 is 5.36. The molecule has 0 spiro atoms. The smallest absolute Gasteiger partial charge is 0.344 e. The Balaban J connectivity index is 2.93. The van der Waals surface area contributed by atoms with Crippen LogP contribution in [-0.2, 0) is 19.1 Å². The summed E-state index contributed by atoms with van der Waals surface area (Å²) in [6.45, 7) is 6.62. The van der Waals surface area contributed by atoms with Gasteiger partial charge in [-0.15, -0.1) is 0 Å². The monoisotopic (exact) mass is 346 g/mol. The third-order valence-electron chi connectivity index (χ3n) is 2.99. The summed E-state index contributed by atoms with van der Waals surface area (Å²) in [4.78, 5) is 38.7. The maximum absolute atomic E-state index is 12.5. The first-order valence-corrected chi connectivity index (χ1v) is 7.70. The lowest BCUT2D eigenvalue weighted by atomic mass is 10.1. The van der Waals surface area contributed by atoms with Gasteiger partial charge in [-0.3, -0.25) is 9.59 Å². The molecule has 0 aliphatic heterocycles. The average Bonchev–Trinajstić information content (AvgIpc) is 2.51. The third kappa shape index (κ3) is 6.97. The van der Waals surface area contributed by atoms with Crippen molar-refractivity contribution in [3.63, 3.8) is 0 Å². The van der Waals surface area contributed by atoms with E-state index in [9.17, 15) is 14.4 Å². The molecular weight excluding hydrogens is 324 g/mol. The molecule has 2 amide bonds. The summed E-state index contributed by atoms with van der Waals surface area (Å²) in [6.07, 6.45) is 0.631. The molecule has 0 radical (unpaired) electrons. The summed E-state index contributed by atoms with van der Waals surface area (Å²) >= 11 is 0. The van der Waals surface area contributed by atoms with Gasteiger partial charge in [0.2, 0.25) is 5.91 Å². The lowest BCUT2D eigenvalue weighted by Gasteiger charge is -2.25. The van der Waals surface area contributed by atoms with E-state index in [-0.39, 0.29) is 0 Å². The number of esters is 1. The van der Waals surface area contributed by atoms with Gasteiger partial charge >= 0.3 is 18.1 Å². The first-order valence-electron chi connectivity index (χ1n) is 7.70. The number of ether oxygens (including phenoxy) is 1. The van der Waals surface area contributed by atoms with Gasteiger partial charge in [-0.25, -0.2) is 4.79 Å². The van der Waals surface area contributed by atoms with Crippen LogP contribution in [0.25, 0.3) is 5.53 Å². The number of nitrogens with one attached hydrogen (secondary N) is 2. The van der Waals surface area contributed by atoms with Crippen molar-refractivity contribution in [3.05, 3.63) is 41.4 Å². The minimum absolute atomic E-state index is 0.556. The average molecular weight is 346 g/mol. The van der Waals surface area contributed by atoms with E-state index in [1.54, 1.807) is 51.1 Å². The van der Waals surface area contributed by atoms with Gasteiger partial charge in [0.25, 0.3) is 0 Å². The van der Waals surface area contributed by atoms with Gasteiger partial charge in [0.15, 0.2) is 6.04 Å². The number of hydrogen-bond donors (Lipinski definition) is 2. The normalized spacial score (nSPS) is 13.0. The van der Waals surface area contributed by atoms with E-state index >= 15 is 0 Å². The zero-order chi connectivity index (χ0) is 19.0. The molecule has 0 aliphatic carbocycles. The Kier molecular flexibility index (Phi) is 7.02. The summed E-state index contributed by atoms with van der Waals surface area (Å²) in [5.74, 6) is -1.93. The zero-order valence-corrected chi connectivity index (χ0v) is 14.6. The van der Waals surface area contributed by atoms with Gasteiger partial charge in [-0.05, 0) is 33.3 Å². The standard InChI is InChI=1S/C17H22N4O4/c1-11(20-13(22)10-19-18)15(23)21-14(12-8-6-5-7-9-12)16(24)25-17(2,3)4/h5-11,14H,1-4H3,(H,20,22)(H,21,23)/t11-,14-/m0/s1. The number of carbonyl (C=O) groups is 3. The predicted molar refractivity (Wildman–Crippen MR) is 90.5 cm³/mol. The third-order valence-corrected chi connectivity index (χ3v) is 2.99. The summed E-state index contributed by atoms with van der Waals surface area (Å²) in [6, 6.07) is 6.68. The second-order valence-electron chi connectivity index (χ2n) is 6.36. The zero-order valence-electron chi connectivity index (χ0n) is 14.6. The van der Waals surface area contributed by atoms with Gasteiger partial charge in [-0.2, -0.15) is 4.79 Å². The second kappa shape index (κ2) is 8.75. The molecule has 134 valence electrons. The van der Waals surface area contributed by atoms with Gasteiger partial charge in [-0.1, -0.05) is 30.3 Å². The fraction of sp³-hybridized carbons (Fsp3) is 0.412. The molecule has 1 rings (SSSR count). The highest BCUT2D eigenvalue weighted by atomic mass is 16.6. The van der Waals surface area contributed by atoms with Crippen molar-refractivity contribution in [3.8, 4) is 0 Å². The number of benzene rings is 1. The molecule has 0 aromatic heterocycles. The Morgan fingerprint density at radius 3 is 2.28 bits per heavy atom. The van der Waals surface area contributed by atoms with Crippen molar-refractivity contribution >= 4 is 24.0 Å². The maximum Gasteiger partial charge on any atom is 0.344 e. The highest BCUT2D eigenvalue weighted by Crippen LogP contribution is 2.18. The Morgan fingerprint density at radius 2 is 1.76 bits per heavy atom. The van der Waals surface area contributed by atoms with Gasteiger partial charge in [0, 0.05) is 0 Å². The molecule has 0 unspecified atom stereocenters. The van der Waals surface area contributed by atoms with E-state index in [2.05, 4.69) is 15.4 Å². The molecule has 8 heteroatoms. The van der Waals surface area contributed by atoms with Gasteiger partial charge in [0.1, 0.15) is 11.6 Å². The summed E-state index contributed by atoms with van der Waals surface area (Å²) in [5.41, 5.74) is 8.15. The van der Waals surface area contributed by atoms with Crippen LogP contribution in [0.3, 0.4) is 0 Å². The van der Waals surface area contributed by atoms with E-state index in [4.69, 9.17) is 10.3 Å². The number of amides is 2. The van der Waals surface area contributed by atoms with Crippen LogP contribution in [0.5, 0.6) is 0 Å². The number of hydrogen-bond acceptors (Lipinski definition) is 4. The highest BCUT2D eigenvalue weighted by Gasteiger charge is 2.29. The van der Waals surface area contributed by atoms with Crippen LogP contribution >= 0.6 is 0 Å². The van der Waals surface area contributed by atoms with Gasteiger partial charge < -0.3 is 20.9 Å². The second-order valence-corrected chi connectivity index (χ2v) is 6.36. The Bertz CT molecular complexity index is 676. The topological polar surface area (TPSA) is 121 Å². The lowest BCUT2D eigenvalue weighted by Crippen LogP contribution is -2.48. The predicted octanol–water partition coefficient (Wildman–Crippen LogP) is 0.991. The molecule has 0 saturated heterocycles. The van der Waals surface area contributed by atoms with Crippen LogP contribution < -0.4 is 10.6 Å². The van der Waals surface area contributed by atoms with Crippen molar-refractivity contribution in [2.75, 3.05) is 0 Å². The number of carbonyl (C=O) groups excluding carboxylic acids is 3. The minimum atomic E-state index is -1.02. The molecule has 1 aromatic carbocycles. The van der Waals surface area contributed by atoms with Crippen molar-refractivity contribution in [1.82, 2.24) is 10.6 Å². The first-order chi connectivity index (χ1) is 11.6. The lowest BCUT2D eigenvalue weighted by molar-refractivity contribution is -0.159. The molecular formula is C17H22N4O4. The molecule has 0 saturated carbocycles. The summed E-state index contributed by atoms with van der Waals surface area (Å²) in [5, 5.41) is 4.88. The molecule has 25 heavy (non-hydrogen) atoms. The molecule has 1 aromatic rings. The quantitative estimate of drug-likeness (QED) is 0.345. The van der Waals surface area contributed by atoms with Crippen LogP contribution in [0.4, 0.5) is 0 Å². The first kappa shape index (κ1) is 20.1. The van der Waals surface area contributed by atoms with Crippen LogP contribution in [0.2, 0.25) is 0 Å². The summed E-state index contributed by atoms with van der Waals surface area (Å²) in [7, 11) is 0. The van der Waals surface area contributed by atoms with E-state index < -0.39 is 35.5 Å². The molecule has 2 N–H and O–H groups in total. The molecule has 0 bridgehead atoms. The largest absolute Gasteiger partial charge is 0.458 e. The van der Waals surface area contributed by atoms with E-state index in [1.807, 2.05) is 0 Å². The van der Waals surface area contributed by atoms with E-state index in [0.29, 0.717) is 11.8 Å². The molecule has 0 aliphatic rings. The van der Waals surface area contributed by atoms with Crippen LogP contribution in [-0.4, -0.2) is 40.4 Å². The maximum atomic E-state index is 12.5. The SMILES string of the molecule is C[C@H](NC(=O)C=[N+]=[N-])C(=O)N[C@H](C(=O)OC(C)(C)C)c1ccccc1. The van der Waals surface area contributed by atoms with Crippen molar-refractivity contribution in [2.24, 2.45) is 0 Å². The van der Waals surface area contributed by atoms with Crippen LogP contribution in [0, 0.1) is 0 Å². The fourth-order valence-electron chi connectivity index (χ4n) is 1.92. The van der Waals surface area contributed by atoms with E-state index in [0.717, 1.165) is 0 Å². The number of nitrogens with zero attached hydrogens (tertiary/aromatic N) is 2. The van der Waals surface area contributed by atoms with E-state index in [1.165, 1.54) is 6.92 Å². The molecule has 0 fully saturated rings. The van der Waals surface area contributed by atoms with Crippen molar-refractivity contribution in [2.45, 2.75) is 45.4 Å². The molecule has 2 atom stereocenters. The van der Waals surface area contributed by atoms with Crippen LogP contribution in [0.15, 0.2) is 30.3 Å².